The second kappa shape index (κ2) is 7.38. The van der Waals surface area contributed by atoms with Crippen molar-refractivity contribution in [1.82, 2.24) is 10.6 Å². The highest BCUT2D eigenvalue weighted by Gasteiger charge is 2.41. The zero-order chi connectivity index (χ0) is 17.8. The number of carbonyl (C=O) groups excluding carboxylic acids is 2. The van der Waals surface area contributed by atoms with Gasteiger partial charge in [0.05, 0.1) is 18.0 Å². The third-order valence-electron chi connectivity index (χ3n) is 4.51. The Bertz CT molecular complexity index is 761. The molecule has 2 amide bonds. The molecule has 1 heterocycles. The molecule has 0 aromatic heterocycles. The summed E-state index contributed by atoms with van der Waals surface area (Å²) in [6.07, 6.45) is -0.519. The molecule has 25 heavy (non-hydrogen) atoms. The molecule has 1 fully saturated rings. The molecule has 1 saturated heterocycles. The third-order valence-corrected chi connectivity index (χ3v) is 4.51. The number of rotatable bonds is 4. The lowest BCUT2D eigenvalue weighted by molar-refractivity contribution is -0.122. The zero-order valence-electron chi connectivity index (χ0n) is 14.4. The van der Waals surface area contributed by atoms with Crippen molar-refractivity contribution < 1.29 is 14.3 Å². The van der Waals surface area contributed by atoms with E-state index in [9.17, 15) is 9.59 Å². The lowest BCUT2D eigenvalue weighted by Gasteiger charge is -2.22. The predicted molar refractivity (Wildman–Crippen MR) is 94.8 cm³/mol. The van der Waals surface area contributed by atoms with Crippen LogP contribution in [-0.2, 0) is 16.1 Å². The summed E-state index contributed by atoms with van der Waals surface area (Å²) < 4.78 is 5.29. The molecule has 3 atom stereocenters. The largest absolute Gasteiger partial charge is 0.445 e. The highest BCUT2D eigenvalue weighted by Crippen LogP contribution is 2.29. The van der Waals surface area contributed by atoms with Crippen molar-refractivity contribution in [2.45, 2.75) is 32.5 Å². The van der Waals surface area contributed by atoms with Crippen LogP contribution in [0.25, 0.3) is 0 Å². The summed E-state index contributed by atoms with van der Waals surface area (Å²) in [7, 11) is 0. The molecule has 130 valence electrons. The minimum absolute atomic E-state index is 0.0696. The van der Waals surface area contributed by atoms with Gasteiger partial charge < -0.3 is 15.4 Å². The summed E-state index contributed by atoms with van der Waals surface area (Å²) in [6, 6.07) is 16.8. The second-order valence-electron chi connectivity index (χ2n) is 6.42. The summed E-state index contributed by atoms with van der Waals surface area (Å²) in [5.41, 5.74) is 3.00. The number of nitrogens with one attached hydrogen (secondary N) is 2. The summed E-state index contributed by atoms with van der Waals surface area (Å²) in [5.74, 6) is -0.394. The van der Waals surface area contributed by atoms with Crippen molar-refractivity contribution in [2.24, 2.45) is 5.92 Å². The van der Waals surface area contributed by atoms with Crippen molar-refractivity contribution in [1.29, 1.82) is 0 Å². The Labute approximate surface area is 147 Å². The monoisotopic (exact) mass is 338 g/mol. The Morgan fingerprint density at radius 3 is 2.64 bits per heavy atom. The Hall–Kier alpha value is -2.82. The maximum absolute atomic E-state index is 12.2. The average Bonchev–Trinajstić information content (AvgIpc) is 2.89. The Morgan fingerprint density at radius 2 is 1.92 bits per heavy atom. The molecule has 0 bridgehead atoms. The van der Waals surface area contributed by atoms with E-state index in [2.05, 4.69) is 10.6 Å². The zero-order valence-corrected chi connectivity index (χ0v) is 14.4. The Kier molecular flexibility index (Phi) is 5.03. The van der Waals surface area contributed by atoms with Crippen molar-refractivity contribution in [3.05, 3.63) is 71.3 Å². The van der Waals surface area contributed by atoms with Crippen molar-refractivity contribution in [3.63, 3.8) is 0 Å². The van der Waals surface area contributed by atoms with Crippen LogP contribution in [-0.4, -0.2) is 18.0 Å². The number of aryl methyl sites for hydroxylation is 1. The normalized spacial score (nSPS) is 22.3. The van der Waals surface area contributed by atoms with Gasteiger partial charge in [0.15, 0.2) is 0 Å². The molecule has 0 radical (unpaired) electrons. The minimum atomic E-state index is -0.519. The van der Waals surface area contributed by atoms with E-state index in [0.717, 1.165) is 16.7 Å². The van der Waals surface area contributed by atoms with Crippen LogP contribution < -0.4 is 10.6 Å². The standard InChI is InChI=1S/C20H22N2O3/c1-13-7-6-10-16(11-13)18-17(14(2)19(23)21-18)22-20(24)25-12-15-8-4-3-5-9-15/h3-11,14,17-18H,12H2,1-2H3,(H,21,23)(H,22,24)/t14-,17-,18+/m0/s1. The fourth-order valence-electron chi connectivity index (χ4n) is 3.09. The van der Waals surface area contributed by atoms with Crippen molar-refractivity contribution in [2.75, 3.05) is 0 Å². The molecule has 0 unspecified atom stereocenters. The summed E-state index contributed by atoms with van der Waals surface area (Å²) in [4.78, 5) is 24.3. The molecule has 0 saturated carbocycles. The van der Waals surface area contributed by atoms with E-state index in [1.165, 1.54) is 0 Å². The van der Waals surface area contributed by atoms with Crippen LogP contribution in [0.15, 0.2) is 54.6 Å². The van der Waals surface area contributed by atoms with Gasteiger partial charge in [-0.25, -0.2) is 4.79 Å². The molecule has 2 aromatic carbocycles. The third kappa shape index (κ3) is 3.99. The van der Waals surface area contributed by atoms with E-state index in [0.29, 0.717) is 0 Å². The van der Waals surface area contributed by atoms with Gasteiger partial charge in [-0.2, -0.15) is 0 Å². The van der Waals surface area contributed by atoms with Gasteiger partial charge in [-0.3, -0.25) is 4.79 Å². The first-order chi connectivity index (χ1) is 12.0. The van der Waals surface area contributed by atoms with Gasteiger partial charge in [0.2, 0.25) is 5.91 Å². The number of amides is 2. The van der Waals surface area contributed by atoms with Gasteiger partial charge >= 0.3 is 6.09 Å². The van der Waals surface area contributed by atoms with Crippen molar-refractivity contribution >= 4 is 12.0 Å². The summed E-state index contributed by atoms with van der Waals surface area (Å²) >= 11 is 0. The van der Waals surface area contributed by atoms with E-state index in [1.54, 1.807) is 0 Å². The first kappa shape index (κ1) is 17.0. The number of alkyl carbamates (subject to hydrolysis) is 1. The average molecular weight is 338 g/mol. The second-order valence-corrected chi connectivity index (χ2v) is 6.42. The number of ether oxygens (including phenoxy) is 1. The van der Waals surface area contributed by atoms with Crippen LogP contribution in [0, 0.1) is 12.8 Å². The Morgan fingerprint density at radius 1 is 1.16 bits per heavy atom. The van der Waals surface area contributed by atoms with E-state index < -0.39 is 6.09 Å². The molecule has 2 aromatic rings. The number of hydrogen-bond acceptors (Lipinski definition) is 3. The topological polar surface area (TPSA) is 67.4 Å². The number of benzene rings is 2. The van der Waals surface area contributed by atoms with Gasteiger partial charge in [-0.15, -0.1) is 0 Å². The predicted octanol–water partition coefficient (Wildman–Crippen LogP) is 3.10. The number of carbonyl (C=O) groups is 2. The first-order valence-corrected chi connectivity index (χ1v) is 8.39. The molecular formula is C20H22N2O3. The van der Waals surface area contributed by atoms with Crippen LogP contribution in [0.1, 0.15) is 29.7 Å². The molecule has 0 aliphatic carbocycles. The van der Waals surface area contributed by atoms with Crippen LogP contribution >= 0.6 is 0 Å². The van der Waals surface area contributed by atoms with Crippen LogP contribution in [0.5, 0.6) is 0 Å². The number of hydrogen-bond donors (Lipinski definition) is 2. The van der Waals surface area contributed by atoms with E-state index in [1.807, 2.05) is 68.4 Å². The van der Waals surface area contributed by atoms with E-state index in [4.69, 9.17) is 4.74 Å². The van der Waals surface area contributed by atoms with Gasteiger partial charge in [0.25, 0.3) is 0 Å². The lowest BCUT2D eigenvalue weighted by atomic mass is 9.94. The molecule has 1 aliphatic rings. The molecule has 0 spiro atoms. The maximum atomic E-state index is 12.2. The van der Waals surface area contributed by atoms with Gasteiger partial charge in [-0.05, 0) is 18.1 Å². The molecule has 2 N–H and O–H groups in total. The Balaban J connectivity index is 1.67. The molecular weight excluding hydrogens is 316 g/mol. The highest BCUT2D eigenvalue weighted by atomic mass is 16.5. The van der Waals surface area contributed by atoms with E-state index in [-0.39, 0.29) is 30.5 Å². The quantitative estimate of drug-likeness (QED) is 0.900. The summed E-state index contributed by atoms with van der Waals surface area (Å²) in [5, 5.41) is 5.82. The van der Waals surface area contributed by atoms with Crippen LogP contribution in [0.3, 0.4) is 0 Å². The highest BCUT2D eigenvalue weighted by molar-refractivity contribution is 5.83. The fraction of sp³-hybridized carbons (Fsp3) is 0.300. The molecule has 5 nitrogen and oxygen atoms in total. The molecule has 3 rings (SSSR count). The van der Waals surface area contributed by atoms with Crippen molar-refractivity contribution in [3.8, 4) is 0 Å². The van der Waals surface area contributed by atoms with Gasteiger partial charge in [0, 0.05) is 0 Å². The molecule has 5 heteroatoms. The first-order valence-electron chi connectivity index (χ1n) is 8.39. The summed E-state index contributed by atoms with van der Waals surface area (Å²) in [6.45, 7) is 4.01. The lowest BCUT2D eigenvalue weighted by Crippen LogP contribution is -2.41. The smallest absolute Gasteiger partial charge is 0.407 e. The van der Waals surface area contributed by atoms with E-state index >= 15 is 0 Å². The SMILES string of the molecule is Cc1cccc([C@H]2NC(=O)[C@@H](C)[C@@H]2NC(=O)OCc2ccccc2)c1. The maximum Gasteiger partial charge on any atom is 0.407 e. The van der Waals surface area contributed by atoms with Crippen LogP contribution in [0.2, 0.25) is 0 Å². The van der Waals surface area contributed by atoms with Crippen LogP contribution in [0.4, 0.5) is 4.79 Å². The molecule has 1 aliphatic heterocycles. The minimum Gasteiger partial charge on any atom is -0.445 e. The van der Waals surface area contributed by atoms with Gasteiger partial charge in [0.1, 0.15) is 6.61 Å². The van der Waals surface area contributed by atoms with Gasteiger partial charge in [-0.1, -0.05) is 67.1 Å². The fourth-order valence-corrected chi connectivity index (χ4v) is 3.09.